The van der Waals surface area contributed by atoms with E-state index in [9.17, 15) is 4.79 Å². The minimum atomic E-state index is -0.120. The summed E-state index contributed by atoms with van der Waals surface area (Å²) in [6.45, 7) is 3.47. The fraction of sp³-hybridized carbons (Fsp3) is 0.400. The first-order valence-corrected chi connectivity index (χ1v) is 4.62. The average molecular weight is 193 g/mol. The lowest BCUT2D eigenvalue weighted by atomic mass is 10.1. The van der Waals surface area contributed by atoms with Gasteiger partial charge in [-0.3, -0.25) is 4.79 Å². The van der Waals surface area contributed by atoms with Gasteiger partial charge in [0, 0.05) is 19.2 Å². The molecule has 1 heterocycles. The molecule has 1 rings (SSSR count). The van der Waals surface area contributed by atoms with Crippen LogP contribution >= 0.6 is 0 Å². The zero-order valence-electron chi connectivity index (χ0n) is 8.45. The van der Waals surface area contributed by atoms with E-state index in [4.69, 9.17) is 5.73 Å². The Morgan fingerprint density at radius 3 is 2.79 bits per heavy atom. The second-order valence-electron chi connectivity index (χ2n) is 3.17. The molecule has 0 saturated heterocycles. The van der Waals surface area contributed by atoms with Crippen LogP contribution in [0.15, 0.2) is 18.3 Å². The molecule has 0 aliphatic heterocycles. The zero-order valence-corrected chi connectivity index (χ0v) is 8.45. The number of hydrogen-bond acceptors (Lipinski definition) is 3. The molecule has 1 atom stereocenters. The molecule has 0 spiro atoms. The lowest BCUT2D eigenvalue weighted by Gasteiger charge is -2.08. The molecular formula is C10H15N3O. The van der Waals surface area contributed by atoms with Crippen molar-refractivity contribution in [3.8, 4) is 0 Å². The summed E-state index contributed by atoms with van der Waals surface area (Å²) in [6.07, 6.45) is 2.57. The predicted octanol–water partition coefficient (Wildman–Crippen LogP) is 1.45. The summed E-state index contributed by atoms with van der Waals surface area (Å²) < 4.78 is 0. The minimum Gasteiger partial charge on any atom is -0.324 e. The predicted molar refractivity (Wildman–Crippen MR) is 55.8 cm³/mol. The highest BCUT2D eigenvalue weighted by molar-refractivity contribution is 5.87. The van der Waals surface area contributed by atoms with Crippen molar-refractivity contribution < 1.29 is 4.79 Å². The highest BCUT2D eigenvalue weighted by Gasteiger charge is 2.03. The first kappa shape index (κ1) is 10.7. The van der Waals surface area contributed by atoms with Crippen LogP contribution in [0, 0.1) is 0 Å². The number of pyridine rings is 1. The van der Waals surface area contributed by atoms with E-state index in [1.165, 1.54) is 6.92 Å². The fourth-order valence-electron chi connectivity index (χ4n) is 1.11. The van der Waals surface area contributed by atoms with Crippen molar-refractivity contribution >= 4 is 11.7 Å². The summed E-state index contributed by atoms with van der Waals surface area (Å²) >= 11 is 0. The Balaban J connectivity index is 2.73. The Kier molecular flexibility index (Phi) is 3.59. The Bertz CT molecular complexity index is 308. The van der Waals surface area contributed by atoms with Crippen molar-refractivity contribution in [1.82, 2.24) is 4.98 Å². The summed E-state index contributed by atoms with van der Waals surface area (Å²) in [5.41, 5.74) is 6.81. The Morgan fingerprint density at radius 2 is 2.36 bits per heavy atom. The number of aromatic nitrogens is 1. The van der Waals surface area contributed by atoms with E-state index in [0.29, 0.717) is 5.82 Å². The van der Waals surface area contributed by atoms with E-state index in [-0.39, 0.29) is 11.9 Å². The van der Waals surface area contributed by atoms with Gasteiger partial charge in [0.05, 0.1) is 0 Å². The Hall–Kier alpha value is -1.42. The topological polar surface area (TPSA) is 68.0 Å². The molecule has 0 aliphatic carbocycles. The number of nitrogens with two attached hydrogens (primary N) is 1. The van der Waals surface area contributed by atoms with Gasteiger partial charge in [0.25, 0.3) is 0 Å². The van der Waals surface area contributed by atoms with Gasteiger partial charge < -0.3 is 11.1 Å². The number of amides is 1. The van der Waals surface area contributed by atoms with E-state index >= 15 is 0 Å². The van der Waals surface area contributed by atoms with Crippen LogP contribution in [0.3, 0.4) is 0 Å². The minimum absolute atomic E-state index is 0.0221. The van der Waals surface area contributed by atoms with Crippen LogP contribution < -0.4 is 11.1 Å². The maximum Gasteiger partial charge on any atom is 0.222 e. The van der Waals surface area contributed by atoms with Crippen molar-refractivity contribution in [2.45, 2.75) is 26.3 Å². The number of carbonyl (C=O) groups excluding carboxylic acids is 1. The molecule has 4 heteroatoms. The molecule has 0 bridgehead atoms. The van der Waals surface area contributed by atoms with E-state index in [0.717, 1.165) is 12.0 Å². The molecule has 1 aromatic heterocycles. The van der Waals surface area contributed by atoms with Crippen molar-refractivity contribution in [2.24, 2.45) is 5.73 Å². The van der Waals surface area contributed by atoms with Gasteiger partial charge in [0.2, 0.25) is 5.91 Å². The van der Waals surface area contributed by atoms with Crippen LogP contribution in [0.5, 0.6) is 0 Å². The molecule has 0 fully saturated rings. The standard InChI is InChI=1S/C10H15N3O/c1-3-9(11)8-4-5-10(12-6-8)13-7(2)14/h4-6,9H,3,11H2,1-2H3,(H,12,13,14)/t9-/m1/s1. The number of rotatable bonds is 3. The Labute approximate surface area is 83.5 Å². The second kappa shape index (κ2) is 4.72. The molecule has 1 amide bonds. The summed E-state index contributed by atoms with van der Waals surface area (Å²) in [6, 6.07) is 3.66. The van der Waals surface area contributed by atoms with Crippen molar-refractivity contribution in [1.29, 1.82) is 0 Å². The monoisotopic (exact) mass is 193 g/mol. The van der Waals surface area contributed by atoms with Gasteiger partial charge in [-0.2, -0.15) is 0 Å². The molecule has 0 unspecified atom stereocenters. The van der Waals surface area contributed by atoms with Crippen molar-refractivity contribution in [3.05, 3.63) is 23.9 Å². The molecule has 14 heavy (non-hydrogen) atoms. The normalized spacial score (nSPS) is 12.2. The van der Waals surface area contributed by atoms with Crippen LogP contribution in [0.4, 0.5) is 5.82 Å². The smallest absolute Gasteiger partial charge is 0.222 e. The van der Waals surface area contributed by atoms with Gasteiger partial charge in [0.15, 0.2) is 0 Å². The molecule has 76 valence electrons. The summed E-state index contributed by atoms with van der Waals surface area (Å²) in [4.78, 5) is 14.8. The van der Waals surface area contributed by atoms with Crippen LogP contribution in [0.25, 0.3) is 0 Å². The third-order valence-electron chi connectivity index (χ3n) is 1.96. The Morgan fingerprint density at radius 1 is 1.64 bits per heavy atom. The largest absolute Gasteiger partial charge is 0.324 e. The zero-order chi connectivity index (χ0) is 10.6. The summed E-state index contributed by atoms with van der Waals surface area (Å²) in [7, 11) is 0. The molecule has 0 radical (unpaired) electrons. The highest BCUT2D eigenvalue weighted by Crippen LogP contribution is 2.13. The van der Waals surface area contributed by atoms with Crippen molar-refractivity contribution in [3.63, 3.8) is 0 Å². The third kappa shape index (κ3) is 2.81. The van der Waals surface area contributed by atoms with Gasteiger partial charge in [-0.25, -0.2) is 4.98 Å². The fourth-order valence-corrected chi connectivity index (χ4v) is 1.11. The summed E-state index contributed by atoms with van der Waals surface area (Å²) in [5.74, 6) is 0.439. The highest BCUT2D eigenvalue weighted by atomic mass is 16.1. The third-order valence-corrected chi connectivity index (χ3v) is 1.96. The molecular weight excluding hydrogens is 178 g/mol. The van der Waals surface area contributed by atoms with E-state index in [1.807, 2.05) is 13.0 Å². The number of carbonyl (C=O) groups is 1. The van der Waals surface area contributed by atoms with Crippen LogP contribution in [0.2, 0.25) is 0 Å². The molecule has 1 aromatic rings. The molecule has 0 saturated carbocycles. The van der Waals surface area contributed by atoms with E-state index in [2.05, 4.69) is 10.3 Å². The first-order valence-electron chi connectivity index (χ1n) is 4.62. The van der Waals surface area contributed by atoms with Crippen molar-refractivity contribution in [2.75, 3.05) is 5.32 Å². The SMILES string of the molecule is CC[C@@H](N)c1ccc(NC(C)=O)nc1. The number of hydrogen-bond donors (Lipinski definition) is 2. The van der Waals surface area contributed by atoms with Crippen LogP contribution in [-0.2, 0) is 4.79 Å². The number of anilines is 1. The van der Waals surface area contributed by atoms with Gasteiger partial charge in [0.1, 0.15) is 5.82 Å². The van der Waals surface area contributed by atoms with Gasteiger partial charge in [-0.15, -0.1) is 0 Å². The van der Waals surface area contributed by atoms with Crippen LogP contribution in [0.1, 0.15) is 31.9 Å². The lowest BCUT2D eigenvalue weighted by Crippen LogP contribution is -2.11. The maximum absolute atomic E-state index is 10.7. The first-order chi connectivity index (χ1) is 6.63. The number of nitrogens with zero attached hydrogens (tertiary/aromatic N) is 1. The van der Waals surface area contributed by atoms with Gasteiger partial charge in [-0.05, 0) is 18.1 Å². The molecule has 3 N–H and O–H groups in total. The maximum atomic E-state index is 10.7. The molecule has 0 aromatic carbocycles. The van der Waals surface area contributed by atoms with Gasteiger partial charge >= 0.3 is 0 Å². The lowest BCUT2D eigenvalue weighted by molar-refractivity contribution is -0.114. The summed E-state index contributed by atoms with van der Waals surface area (Å²) in [5, 5.41) is 2.60. The molecule has 0 aliphatic rings. The molecule has 4 nitrogen and oxygen atoms in total. The average Bonchev–Trinajstić information content (AvgIpc) is 2.17. The quantitative estimate of drug-likeness (QED) is 0.763. The second-order valence-corrected chi connectivity index (χ2v) is 3.17. The van der Waals surface area contributed by atoms with Crippen LogP contribution in [-0.4, -0.2) is 10.9 Å². The van der Waals surface area contributed by atoms with E-state index < -0.39 is 0 Å². The van der Waals surface area contributed by atoms with E-state index in [1.54, 1.807) is 12.3 Å². The number of nitrogens with one attached hydrogen (secondary N) is 1. The van der Waals surface area contributed by atoms with Gasteiger partial charge in [-0.1, -0.05) is 13.0 Å².